The van der Waals surface area contributed by atoms with Crippen LogP contribution in [-0.4, -0.2) is 62.6 Å². The zero-order valence-corrected chi connectivity index (χ0v) is 52.7. The first-order valence-corrected chi connectivity index (χ1v) is 31.5. The molecule has 1 heterocycles. The van der Waals surface area contributed by atoms with Crippen LogP contribution in [0, 0.1) is 39.0 Å². The topological polar surface area (TPSA) is 151 Å². The standard InChI is InChI=1S/C71H66ClN3O8S3/c1-10-75-63-31-20-50(66(78)57-14-12-11-13-42(57)2)40-59(63)60-41-51(21-32-64(60)75)68(80)62(73-82-46(6)76)34-36-85-69-44(4)38-52(39-45(69)5)49-19-30-58(43(3)37-49)65(77)47-15-24-55(25-16-47)86-56-26-17-48(18-27-56)67(79)61(74-83-70(81)71(7,8)9)33-35-84-54-28-22-53(72)23-29-54/h11-32,37-40,51H,10,33-36,41H2,1-9H3/b73-62+,74-61+. The summed E-state index contributed by atoms with van der Waals surface area (Å²) in [6.07, 6.45) is 4.84. The number of ketones is 4. The van der Waals surface area contributed by atoms with Gasteiger partial charge >= 0.3 is 11.9 Å². The number of halogens is 1. The molecule has 7 aromatic carbocycles. The molecule has 0 bridgehead atoms. The average molecular weight is 1220 g/mol. The van der Waals surface area contributed by atoms with Crippen LogP contribution < -0.4 is 0 Å². The summed E-state index contributed by atoms with van der Waals surface area (Å²) in [6.45, 7) is 17.2. The lowest BCUT2D eigenvalue weighted by Crippen LogP contribution is -2.27. The zero-order chi connectivity index (χ0) is 61.4. The number of carbonyl (C=O) groups excluding carboxylic acids is 6. The Morgan fingerprint density at radius 2 is 1.20 bits per heavy atom. The van der Waals surface area contributed by atoms with Crippen LogP contribution in [0.4, 0.5) is 0 Å². The number of rotatable bonds is 22. The number of fused-ring (bicyclic) bond motifs is 3. The molecule has 8 aromatic rings. The van der Waals surface area contributed by atoms with Gasteiger partial charge in [-0.2, -0.15) is 0 Å². The van der Waals surface area contributed by atoms with E-state index >= 15 is 0 Å². The number of carbonyl (C=O) groups is 6. The van der Waals surface area contributed by atoms with E-state index in [1.165, 1.54) is 18.7 Å². The second-order valence-electron chi connectivity index (χ2n) is 22.2. The summed E-state index contributed by atoms with van der Waals surface area (Å²) in [5.41, 5.74) is 11.2. The molecule has 1 aromatic heterocycles. The third kappa shape index (κ3) is 14.8. The normalized spacial score (nSPS) is 13.3. The van der Waals surface area contributed by atoms with Crippen LogP contribution in [0.15, 0.2) is 182 Å². The minimum Gasteiger partial charge on any atom is -0.341 e. The van der Waals surface area contributed by atoms with Gasteiger partial charge in [-0.05, 0) is 198 Å². The van der Waals surface area contributed by atoms with Gasteiger partial charge in [-0.3, -0.25) is 19.2 Å². The van der Waals surface area contributed by atoms with Crippen molar-refractivity contribution in [3.05, 3.63) is 218 Å². The van der Waals surface area contributed by atoms with Crippen molar-refractivity contribution in [2.75, 3.05) is 11.5 Å². The largest absolute Gasteiger partial charge is 0.341 e. The molecule has 0 spiro atoms. The second-order valence-corrected chi connectivity index (χ2v) is 26.1. The SMILES string of the molecule is CCn1c2c(c3cc(C(=O)c4ccccc4C)ccc31)CC(C(=O)/C(CCSc1c(C)cc(-c3ccc(C(=O)c4ccc(Sc5ccc(C(=O)/C(CCSc6ccc(Cl)cc6)=N/OC(=O)C(C)(C)C)cc5)cc4)c(C)c3)cc1C)=N/OC(C)=O)C=C2. The number of oxime groups is 2. The van der Waals surface area contributed by atoms with Gasteiger partial charge in [0.1, 0.15) is 11.4 Å². The van der Waals surface area contributed by atoms with Gasteiger partial charge in [0.05, 0.1) is 5.41 Å². The summed E-state index contributed by atoms with van der Waals surface area (Å²) in [7, 11) is 0. The van der Waals surface area contributed by atoms with E-state index in [0.717, 1.165) is 75.1 Å². The molecule has 0 amide bonds. The van der Waals surface area contributed by atoms with Crippen LogP contribution in [0.2, 0.25) is 5.02 Å². The van der Waals surface area contributed by atoms with Crippen molar-refractivity contribution in [3.8, 4) is 11.1 Å². The Hall–Kier alpha value is -7.88. The summed E-state index contributed by atoms with van der Waals surface area (Å²) in [6, 6.07) is 45.6. The maximum absolute atomic E-state index is 14.4. The molecule has 1 atom stereocenters. The van der Waals surface area contributed by atoms with Crippen LogP contribution in [0.25, 0.3) is 28.1 Å². The van der Waals surface area contributed by atoms with E-state index in [2.05, 4.69) is 47.8 Å². The minimum absolute atomic E-state index is 0.0520. The predicted octanol–water partition coefficient (Wildman–Crippen LogP) is 17.0. The second kappa shape index (κ2) is 27.7. The maximum atomic E-state index is 14.4. The molecule has 1 aliphatic rings. The molecule has 0 N–H and O–H groups in total. The molecule has 1 aliphatic carbocycles. The van der Waals surface area contributed by atoms with Gasteiger partial charge < -0.3 is 14.2 Å². The number of hydrogen-bond donors (Lipinski definition) is 0. The van der Waals surface area contributed by atoms with Gasteiger partial charge in [-0.25, -0.2) is 9.59 Å². The molecule has 0 saturated carbocycles. The van der Waals surface area contributed by atoms with E-state index < -0.39 is 23.3 Å². The highest BCUT2D eigenvalue weighted by molar-refractivity contribution is 7.99. The van der Waals surface area contributed by atoms with Gasteiger partial charge in [-0.1, -0.05) is 94.3 Å². The van der Waals surface area contributed by atoms with Gasteiger partial charge in [0.25, 0.3) is 0 Å². The van der Waals surface area contributed by atoms with E-state index in [1.54, 1.807) is 56.4 Å². The third-order valence-corrected chi connectivity index (χ3v) is 18.5. The Balaban J connectivity index is 0.816. The van der Waals surface area contributed by atoms with Crippen LogP contribution in [0.3, 0.4) is 0 Å². The van der Waals surface area contributed by atoms with E-state index in [-0.39, 0.29) is 47.4 Å². The van der Waals surface area contributed by atoms with Crippen molar-refractivity contribution in [3.63, 3.8) is 0 Å². The Morgan fingerprint density at radius 3 is 1.84 bits per heavy atom. The Morgan fingerprint density at radius 1 is 0.616 bits per heavy atom. The van der Waals surface area contributed by atoms with Crippen molar-refractivity contribution in [1.82, 2.24) is 4.57 Å². The lowest BCUT2D eigenvalue weighted by atomic mass is 9.86. The molecule has 15 heteroatoms. The Labute approximate surface area is 520 Å². The Bertz CT molecular complexity index is 4020. The minimum atomic E-state index is -0.793. The smallest absolute Gasteiger partial charge is 0.340 e. The van der Waals surface area contributed by atoms with Gasteiger partial charge in [0.2, 0.25) is 5.78 Å². The molecule has 1 unspecified atom stereocenters. The molecule has 0 radical (unpaired) electrons. The number of aromatic nitrogens is 1. The first-order valence-electron chi connectivity index (χ1n) is 28.4. The van der Waals surface area contributed by atoms with Crippen molar-refractivity contribution in [2.45, 2.75) is 108 Å². The highest BCUT2D eigenvalue weighted by Crippen LogP contribution is 2.37. The molecule has 9 rings (SSSR count). The van der Waals surface area contributed by atoms with Crippen molar-refractivity contribution >= 4 is 110 Å². The van der Waals surface area contributed by atoms with E-state index in [0.29, 0.717) is 57.3 Å². The Kier molecular flexibility index (Phi) is 20.1. The van der Waals surface area contributed by atoms with Crippen molar-refractivity contribution < 1.29 is 38.4 Å². The lowest BCUT2D eigenvalue weighted by Gasteiger charge is -2.19. The molecule has 0 fully saturated rings. The number of thioether (sulfide) groups is 2. The molecular formula is C71H66ClN3O8S3. The van der Waals surface area contributed by atoms with Gasteiger partial charge in [-0.15, -0.1) is 23.5 Å². The fourth-order valence-electron chi connectivity index (χ4n) is 10.3. The summed E-state index contributed by atoms with van der Waals surface area (Å²) >= 11 is 10.7. The van der Waals surface area contributed by atoms with E-state index in [4.69, 9.17) is 21.3 Å². The van der Waals surface area contributed by atoms with Crippen LogP contribution >= 0.6 is 46.9 Å². The number of hydrogen-bond acceptors (Lipinski definition) is 13. The fraction of sp³-hybridized carbons (Fsp3) is 0.239. The van der Waals surface area contributed by atoms with E-state index in [9.17, 15) is 28.8 Å². The quantitative estimate of drug-likeness (QED) is 0.0210. The van der Waals surface area contributed by atoms with Crippen molar-refractivity contribution in [2.24, 2.45) is 21.6 Å². The van der Waals surface area contributed by atoms with Crippen LogP contribution in [0.1, 0.15) is 123 Å². The third-order valence-electron chi connectivity index (χ3n) is 14.8. The molecule has 11 nitrogen and oxygen atoms in total. The predicted molar refractivity (Wildman–Crippen MR) is 349 cm³/mol. The number of aryl methyl sites for hydroxylation is 5. The monoisotopic (exact) mass is 1220 g/mol. The number of benzene rings is 7. The number of nitrogens with zero attached hydrogens (tertiary/aromatic N) is 3. The number of Topliss-reactive ketones (excluding diaryl/α,β-unsaturated/α-hetero) is 2. The van der Waals surface area contributed by atoms with Gasteiger partial charge in [0.15, 0.2) is 17.3 Å². The summed E-state index contributed by atoms with van der Waals surface area (Å²) in [5.74, 6) is -1.36. The average Bonchev–Trinajstić information content (AvgIpc) is 1.73. The highest BCUT2D eigenvalue weighted by Gasteiger charge is 2.30. The molecule has 86 heavy (non-hydrogen) atoms. The van der Waals surface area contributed by atoms with Crippen LogP contribution in [-0.2, 0) is 37.0 Å². The molecular weight excluding hydrogens is 1150 g/mol. The first kappa shape index (κ1) is 62.6. The number of allylic oxidation sites excluding steroid dienone is 1. The van der Waals surface area contributed by atoms with E-state index in [1.807, 2.05) is 147 Å². The van der Waals surface area contributed by atoms with Gasteiger partial charge in [0, 0.05) is 113 Å². The van der Waals surface area contributed by atoms with Crippen LogP contribution in [0.5, 0.6) is 0 Å². The maximum Gasteiger partial charge on any atom is 0.340 e. The summed E-state index contributed by atoms with van der Waals surface area (Å²) < 4.78 is 2.21. The highest BCUT2D eigenvalue weighted by atomic mass is 35.5. The molecule has 0 aliphatic heterocycles. The summed E-state index contributed by atoms with van der Waals surface area (Å²) in [4.78, 5) is 94.7. The molecule has 0 saturated heterocycles. The zero-order valence-electron chi connectivity index (χ0n) is 49.5. The van der Waals surface area contributed by atoms with Crippen molar-refractivity contribution in [1.29, 1.82) is 0 Å². The first-order chi connectivity index (χ1) is 41.2. The fourth-order valence-corrected chi connectivity index (χ4v) is 13.1. The molecule has 438 valence electrons. The summed E-state index contributed by atoms with van der Waals surface area (Å²) in [5, 5.41) is 9.75. The lowest BCUT2D eigenvalue weighted by molar-refractivity contribution is -0.153.